The maximum Gasteiger partial charge on any atom is 0.123 e. The lowest BCUT2D eigenvalue weighted by atomic mass is 9.97. The van der Waals surface area contributed by atoms with E-state index in [1.54, 1.807) is 19.2 Å². The Hall–Kier alpha value is -0.930. The SMILES string of the molecule is CCCNC(CCCOC)c1ccc(F)cc1C. The highest BCUT2D eigenvalue weighted by Gasteiger charge is 2.13. The Kier molecular flexibility index (Phi) is 6.91. The van der Waals surface area contributed by atoms with Crippen LogP contribution in [0.15, 0.2) is 18.2 Å². The molecule has 0 saturated carbocycles. The third kappa shape index (κ3) is 4.75. The van der Waals surface area contributed by atoms with Crippen LogP contribution in [0.1, 0.15) is 43.4 Å². The molecule has 1 atom stereocenters. The van der Waals surface area contributed by atoms with Crippen LogP contribution < -0.4 is 5.32 Å². The van der Waals surface area contributed by atoms with Crippen molar-refractivity contribution in [3.8, 4) is 0 Å². The van der Waals surface area contributed by atoms with Crippen LogP contribution in [0.25, 0.3) is 0 Å². The van der Waals surface area contributed by atoms with E-state index in [9.17, 15) is 4.39 Å². The van der Waals surface area contributed by atoms with Crippen molar-refractivity contribution in [2.75, 3.05) is 20.3 Å². The summed E-state index contributed by atoms with van der Waals surface area (Å²) in [6.07, 6.45) is 3.12. The summed E-state index contributed by atoms with van der Waals surface area (Å²) in [6.45, 7) is 5.87. The van der Waals surface area contributed by atoms with Crippen LogP contribution in [0.5, 0.6) is 0 Å². The van der Waals surface area contributed by atoms with Crippen molar-refractivity contribution in [1.82, 2.24) is 5.32 Å². The lowest BCUT2D eigenvalue weighted by Crippen LogP contribution is -2.23. The summed E-state index contributed by atoms with van der Waals surface area (Å²) < 4.78 is 18.2. The van der Waals surface area contributed by atoms with E-state index in [2.05, 4.69) is 12.2 Å². The summed E-state index contributed by atoms with van der Waals surface area (Å²) in [4.78, 5) is 0. The zero-order valence-electron chi connectivity index (χ0n) is 11.6. The molecule has 0 aliphatic heterocycles. The molecule has 0 bridgehead atoms. The van der Waals surface area contributed by atoms with Gasteiger partial charge < -0.3 is 10.1 Å². The molecule has 0 fully saturated rings. The number of methoxy groups -OCH3 is 1. The van der Waals surface area contributed by atoms with Crippen molar-refractivity contribution in [1.29, 1.82) is 0 Å². The van der Waals surface area contributed by atoms with Gasteiger partial charge in [-0.25, -0.2) is 4.39 Å². The van der Waals surface area contributed by atoms with Gasteiger partial charge >= 0.3 is 0 Å². The van der Waals surface area contributed by atoms with Crippen molar-refractivity contribution in [2.24, 2.45) is 0 Å². The zero-order chi connectivity index (χ0) is 13.4. The predicted molar refractivity (Wildman–Crippen MR) is 73.3 cm³/mol. The topological polar surface area (TPSA) is 21.3 Å². The molecule has 0 heterocycles. The van der Waals surface area contributed by atoms with Gasteiger partial charge in [-0.15, -0.1) is 0 Å². The molecule has 1 N–H and O–H groups in total. The van der Waals surface area contributed by atoms with E-state index in [4.69, 9.17) is 4.74 Å². The van der Waals surface area contributed by atoms with E-state index in [-0.39, 0.29) is 5.82 Å². The van der Waals surface area contributed by atoms with Crippen LogP contribution in [0.3, 0.4) is 0 Å². The highest BCUT2D eigenvalue weighted by atomic mass is 19.1. The molecule has 0 amide bonds. The van der Waals surface area contributed by atoms with Gasteiger partial charge in [-0.3, -0.25) is 0 Å². The lowest BCUT2D eigenvalue weighted by molar-refractivity contribution is 0.188. The minimum Gasteiger partial charge on any atom is -0.385 e. The second-order valence-corrected chi connectivity index (χ2v) is 4.64. The van der Waals surface area contributed by atoms with Crippen LogP contribution >= 0.6 is 0 Å². The van der Waals surface area contributed by atoms with Gasteiger partial charge in [0.1, 0.15) is 5.82 Å². The van der Waals surface area contributed by atoms with Crippen LogP contribution in [0.2, 0.25) is 0 Å². The summed E-state index contributed by atoms with van der Waals surface area (Å²) in [5.41, 5.74) is 2.21. The Morgan fingerprint density at radius 1 is 1.39 bits per heavy atom. The number of rotatable bonds is 8. The number of ether oxygens (including phenoxy) is 1. The number of nitrogens with one attached hydrogen (secondary N) is 1. The van der Waals surface area contributed by atoms with Crippen LogP contribution in [0.4, 0.5) is 4.39 Å². The number of hydrogen-bond donors (Lipinski definition) is 1. The predicted octanol–water partition coefficient (Wildman–Crippen LogP) is 3.60. The average Bonchev–Trinajstić information content (AvgIpc) is 2.34. The molecule has 2 nitrogen and oxygen atoms in total. The minimum atomic E-state index is -0.164. The molecule has 3 heteroatoms. The van der Waals surface area contributed by atoms with Crippen LogP contribution in [-0.2, 0) is 4.74 Å². The largest absolute Gasteiger partial charge is 0.385 e. The van der Waals surface area contributed by atoms with Gasteiger partial charge in [0.25, 0.3) is 0 Å². The van der Waals surface area contributed by atoms with E-state index in [1.165, 1.54) is 5.56 Å². The summed E-state index contributed by atoms with van der Waals surface area (Å²) in [7, 11) is 1.72. The Morgan fingerprint density at radius 2 is 2.17 bits per heavy atom. The van der Waals surface area contributed by atoms with E-state index >= 15 is 0 Å². The fraction of sp³-hybridized carbons (Fsp3) is 0.600. The summed E-state index contributed by atoms with van der Waals surface area (Å²) >= 11 is 0. The quantitative estimate of drug-likeness (QED) is 0.715. The second-order valence-electron chi connectivity index (χ2n) is 4.64. The molecule has 0 saturated heterocycles. The highest BCUT2D eigenvalue weighted by Crippen LogP contribution is 2.23. The van der Waals surface area contributed by atoms with Gasteiger partial charge in [-0.05, 0) is 56.0 Å². The third-order valence-electron chi connectivity index (χ3n) is 3.09. The smallest absolute Gasteiger partial charge is 0.123 e. The number of halogens is 1. The fourth-order valence-electron chi connectivity index (χ4n) is 2.15. The Morgan fingerprint density at radius 3 is 2.78 bits per heavy atom. The van der Waals surface area contributed by atoms with Gasteiger partial charge in [0.2, 0.25) is 0 Å². The summed E-state index contributed by atoms with van der Waals surface area (Å²) in [5, 5.41) is 3.53. The summed E-state index contributed by atoms with van der Waals surface area (Å²) in [5.74, 6) is -0.164. The molecular formula is C15H24FNO. The maximum absolute atomic E-state index is 13.1. The van der Waals surface area contributed by atoms with E-state index in [0.717, 1.165) is 38.0 Å². The van der Waals surface area contributed by atoms with E-state index in [1.807, 2.05) is 13.0 Å². The second kappa shape index (κ2) is 8.22. The zero-order valence-corrected chi connectivity index (χ0v) is 11.6. The first-order valence-corrected chi connectivity index (χ1v) is 6.67. The van der Waals surface area contributed by atoms with Crippen molar-refractivity contribution >= 4 is 0 Å². The van der Waals surface area contributed by atoms with Gasteiger partial charge in [0.05, 0.1) is 0 Å². The average molecular weight is 253 g/mol. The summed E-state index contributed by atoms with van der Waals surface area (Å²) in [6, 6.07) is 5.33. The molecule has 1 aromatic rings. The van der Waals surface area contributed by atoms with Crippen molar-refractivity contribution in [3.05, 3.63) is 35.1 Å². The first kappa shape index (κ1) is 15.1. The van der Waals surface area contributed by atoms with Crippen LogP contribution in [-0.4, -0.2) is 20.3 Å². The molecule has 1 aromatic carbocycles. The standard InChI is InChI=1S/C15H24FNO/c1-4-9-17-15(6-5-10-18-3)14-8-7-13(16)11-12(14)2/h7-8,11,15,17H,4-6,9-10H2,1-3H3. The molecular weight excluding hydrogens is 229 g/mol. The third-order valence-corrected chi connectivity index (χ3v) is 3.09. The van der Waals surface area contributed by atoms with E-state index in [0.29, 0.717) is 6.04 Å². The minimum absolute atomic E-state index is 0.164. The molecule has 1 rings (SSSR count). The monoisotopic (exact) mass is 253 g/mol. The van der Waals surface area contributed by atoms with Crippen molar-refractivity contribution < 1.29 is 9.13 Å². The first-order chi connectivity index (χ1) is 8.69. The van der Waals surface area contributed by atoms with Gasteiger partial charge in [0.15, 0.2) is 0 Å². The molecule has 0 aliphatic rings. The van der Waals surface area contributed by atoms with Gasteiger partial charge in [-0.2, -0.15) is 0 Å². The Bertz CT molecular complexity index is 354. The molecule has 1 unspecified atom stereocenters. The number of aryl methyl sites for hydroxylation is 1. The molecule has 0 radical (unpaired) electrons. The molecule has 0 aromatic heterocycles. The Balaban J connectivity index is 2.73. The van der Waals surface area contributed by atoms with Crippen molar-refractivity contribution in [3.63, 3.8) is 0 Å². The fourth-order valence-corrected chi connectivity index (χ4v) is 2.15. The maximum atomic E-state index is 13.1. The van der Waals surface area contributed by atoms with Gasteiger partial charge in [0, 0.05) is 19.8 Å². The highest BCUT2D eigenvalue weighted by molar-refractivity contribution is 5.29. The first-order valence-electron chi connectivity index (χ1n) is 6.67. The molecule has 18 heavy (non-hydrogen) atoms. The number of benzene rings is 1. The molecule has 0 spiro atoms. The Labute approximate surface area is 110 Å². The molecule has 102 valence electrons. The van der Waals surface area contributed by atoms with Crippen molar-refractivity contribution in [2.45, 2.75) is 39.2 Å². The lowest BCUT2D eigenvalue weighted by Gasteiger charge is -2.21. The van der Waals surface area contributed by atoms with E-state index < -0.39 is 0 Å². The number of hydrogen-bond acceptors (Lipinski definition) is 2. The van der Waals surface area contributed by atoms with Crippen LogP contribution in [0, 0.1) is 12.7 Å². The molecule has 0 aliphatic carbocycles. The normalized spacial score (nSPS) is 12.7. The van der Waals surface area contributed by atoms with Gasteiger partial charge in [-0.1, -0.05) is 13.0 Å².